The highest BCUT2D eigenvalue weighted by molar-refractivity contribution is 6.20. The van der Waals surface area contributed by atoms with Crippen molar-refractivity contribution < 1.29 is 9.59 Å². The smallest absolute Gasteiger partial charge is 0.252 e. The largest absolute Gasteiger partial charge is 0.298 e. The van der Waals surface area contributed by atoms with Crippen LogP contribution >= 0.6 is 11.6 Å². The van der Waals surface area contributed by atoms with E-state index < -0.39 is 6.04 Å². The van der Waals surface area contributed by atoms with Gasteiger partial charge in [0.2, 0.25) is 5.91 Å². The highest BCUT2D eigenvalue weighted by Gasteiger charge is 2.39. The molecular weight excluding hydrogens is 292 g/mol. The number of likely N-dealkylation sites (tertiary alicyclic amines) is 1. The monoisotopic (exact) mass is 306 g/mol. The second kappa shape index (κ2) is 4.80. The van der Waals surface area contributed by atoms with E-state index in [4.69, 9.17) is 11.6 Å². The van der Waals surface area contributed by atoms with E-state index in [9.17, 15) is 9.59 Å². The molecule has 1 fully saturated rings. The van der Waals surface area contributed by atoms with Crippen LogP contribution in [0.3, 0.4) is 0 Å². The topological polar surface area (TPSA) is 68.1 Å². The van der Waals surface area contributed by atoms with Gasteiger partial charge in [0.1, 0.15) is 17.4 Å². The minimum Gasteiger partial charge on any atom is -0.298 e. The molecule has 2 aromatic rings. The molecule has 1 saturated heterocycles. The van der Waals surface area contributed by atoms with Crippen molar-refractivity contribution in [3.8, 4) is 0 Å². The van der Waals surface area contributed by atoms with Crippen LogP contribution in [-0.4, -0.2) is 38.3 Å². The Morgan fingerprint density at radius 1 is 1.43 bits per heavy atom. The number of nitrogens with zero attached hydrogens (tertiary/aromatic N) is 4. The molecule has 2 aromatic heterocycles. The SMILES string of the molecule is Cc1cnc2c(c1)nc(C(C)Cl)n2C1CC(=O)N(C)C1=O. The first kappa shape index (κ1) is 14.0. The standard InChI is InChI=1S/C14H15ClN4O2/c1-7-4-9-13(16-6-7)19(12(17-9)8(2)15)10-5-11(20)18(3)14(10)21/h4,6,8,10H,5H2,1-3H3. The lowest BCUT2D eigenvalue weighted by atomic mass is 10.2. The summed E-state index contributed by atoms with van der Waals surface area (Å²) in [6, 6.07) is 1.28. The van der Waals surface area contributed by atoms with Gasteiger partial charge in [0.15, 0.2) is 5.65 Å². The Kier molecular flexibility index (Phi) is 3.20. The number of imidazole rings is 1. The van der Waals surface area contributed by atoms with Gasteiger partial charge < -0.3 is 0 Å². The van der Waals surface area contributed by atoms with Crippen LogP contribution in [0, 0.1) is 6.92 Å². The van der Waals surface area contributed by atoms with Gasteiger partial charge in [-0.1, -0.05) is 0 Å². The fraction of sp³-hybridized carbons (Fsp3) is 0.429. The van der Waals surface area contributed by atoms with Gasteiger partial charge in [-0.05, 0) is 25.5 Å². The third-order valence-electron chi connectivity index (χ3n) is 3.72. The first-order valence-corrected chi connectivity index (χ1v) is 7.12. The molecule has 2 atom stereocenters. The highest BCUT2D eigenvalue weighted by atomic mass is 35.5. The molecular formula is C14H15ClN4O2. The summed E-state index contributed by atoms with van der Waals surface area (Å²) in [5.41, 5.74) is 2.25. The minimum atomic E-state index is -0.612. The van der Waals surface area contributed by atoms with Gasteiger partial charge >= 0.3 is 0 Å². The Balaban J connectivity index is 2.23. The minimum absolute atomic E-state index is 0.118. The number of hydrogen-bond donors (Lipinski definition) is 0. The summed E-state index contributed by atoms with van der Waals surface area (Å²) in [5.74, 6) is 0.110. The van der Waals surface area contributed by atoms with Gasteiger partial charge in [0.25, 0.3) is 5.91 Å². The zero-order chi connectivity index (χ0) is 15.3. The average molecular weight is 307 g/mol. The van der Waals surface area contributed by atoms with Crippen LogP contribution in [0.1, 0.15) is 36.2 Å². The Morgan fingerprint density at radius 2 is 2.14 bits per heavy atom. The summed E-state index contributed by atoms with van der Waals surface area (Å²) >= 11 is 6.20. The molecule has 2 unspecified atom stereocenters. The number of carbonyl (C=O) groups excluding carboxylic acids is 2. The summed E-state index contributed by atoms with van der Waals surface area (Å²) in [5, 5.41) is -0.381. The summed E-state index contributed by atoms with van der Waals surface area (Å²) in [7, 11) is 1.49. The Bertz CT molecular complexity index is 753. The molecule has 0 saturated carbocycles. The van der Waals surface area contributed by atoms with Gasteiger partial charge in [-0.2, -0.15) is 0 Å². The van der Waals surface area contributed by atoms with E-state index in [0.717, 1.165) is 10.5 Å². The van der Waals surface area contributed by atoms with Gasteiger partial charge in [-0.3, -0.25) is 19.1 Å². The van der Waals surface area contributed by atoms with Crippen molar-refractivity contribution in [1.29, 1.82) is 0 Å². The Labute approximate surface area is 126 Å². The van der Waals surface area contributed by atoms with E-state index >= 15 is 0 Å². The van der Waals surface area contributed by atoms with Crippen molar-refractivity contribution >= 4 is 34.6 Å². The van der Waals surface area contributed by atoms with Gasteiger partial charge in [-0.15, -0.1) is 11.6 Å². The van der Waals surface area contributed by atoms with E-state index in [1.54, 1.807) is 17.7 Å². The number of halogens is 1. The molecule has 21 heavy (non-hydrogen) atoms. The van der Waals surface area contributed by atoms with Crippen molar-refractivity contribution in [3.63, 3.8) is 0 Å². The van der Waals surface area contributed by atoms with Crippen LogP contribution < -0.4 is 0 Å². The van der Waals surface area contributed by atoms with Crippen LogP contribution in [0.2, 0.25) is 0 Å². The number of aromatic nitrogens is 3. The van der Waals surface area contributed by atoms with Gasteiger partial charge in [0, 0.05) is 13.2 Å². The first-order valence-electron chi connectivity index (χ1n) is 6.69. The van der Waals surface area contributed by atoms with Crippen molar-refractivity contribution in [1.82, 2.24) is 19.4 Å². The van der Waals surface area contributed by atoms with E-state index in [0.29, 0.717) is 17.0 Å². The van der Waals surface area contributed by atoms with Crippen LogP contribution in [0.4, 0.5) is 0 Å². The average Bonchev–Trinajstić information content (AvgIpc) is 2.91. The lowest BCUT2D eigenvalue weighted by Gasteiger charge is -2.15. The van der Waals surface area contributed by atoms with Crippen LogP contribution in [0.5, 0.6) is 0 Å². The summed E-state index contributed by atoms with van der Waals surface area (Å²) in [6.07, 6.45) is 1.83. The second-order valence-corrected chi connectivity index (χ2v) is 5.98. The predicted molar refractivity (Wildman–Crippen MR) is 78.0 cm³/mol. The molecule has 110 valence electrons. The number of alkyl halides is 1. The maximum absolute atomic E-state index is 12.3. The number of aryl methyl sites for hydroxylation is 1. The number of rotatable bonds is 2. The van der Waals surface area contributed by atoms with E-state index in [-0.39, 0.29) is 23.6 Å². The number of fused-ring (bicyclic) bond motifs is 1. The number of likely N-dealkylation sites (N-methyl/N-ethyl adjacent to an activating group) is 1. The van der Waals surface area contributed by atoms with Gasteiger partial charge in [0.05, 0.1) is 11.8 Å². The molecule has 0 radical (unpaired) electrons. The molecule has 0 N–H and O–H groups in total. The molecule has 7 heteroatoms. The quantitative estimate of drug-likeness (QED) is 0.628. The number of carbonyl (C=O) groups is 2. The number of imide groups is 1. The Morgan fingerprint density at radius 3 is 2.71 bits per heavy atom. The molecule has 6 nitrogen and oxygen atoms in total. The highest BCUT2D eigenvalue weighted by Crippen LogP contribution is 2.32. The fourth-order valence-electron chi connectivity index (χ4n) is 2.63. The van der Waals surface area contributed by atoms with Gasteiger partial charge in [-0.25, -0.2) is 9.97 Å². The van der Waals surface area contributed by atoms with Crippen molar-refractivity contribution in [3.05, 3.63) is 23.7 Å². The molecule has 0 aliphatic carbocycles. The van der Waals surface area contributed by atoms with E-state index in [1.165, 1.54) is 7.05 Å². The van der Waals surface area contributed by atoms with E-state index in [2.05, 4.69) is 9.97 Å². The molecule has 3 heterocycles. The summed E-state index contributed by atoms with van der Waals surface area (Å²) < 4.78 is 1.70. The normalized spacial score (nSPS) is 20.6. The number of pyridine rings is 1. The van der Waals surface area contributed by atoms with E-state index in [1.807, 2.05) is 13.0 Å². The molecule has 1 aliphatic rings. The lowest BCUT2D eigenvalue weighted by molar-refractivity contribution is -0.137. The molecule has 0 bridgehead atoms. The van der Waals surface area contributed by atoms with Crippen molar-refractivity contribution in [2.24, 2.45) is 0 Å². The lowest BCUT2D eigenvalue weighted by Crippen LogP contribution is -2.27. The van der Waals surface area contributed by atoms with Crippen LogP contribution in [-0.2, 0) is 9.59 Å². The molecule has 1 aliphatic heterocycles. The third-order valence-corrected chi connectivity index (χ3v) is 3.91. The summed E-state index contributed by atoms with van der Waals surface area (Å²) in [4.78, 5) is 34.1. The fourth-order valence-corrected chi connectivity index (χ4v) is 2.78. The molecule has 2 amide bonds. The zero-order valence-corrected chi connectivity index (χ0v) is 12.8. The maximum Gasteiger partial charge on any atom is 0.252 e. The van der Waals surface area contributed by atoms with Crippen LogP contribution in [0.15, 0.2) is 12.3 Å². The first-order chi connectivity index (χ1) is 9.90. The third kappa shape index (κ3) is 2.10. The zero-order valence-electron chi connectivity index (χ0n) is 12.0. The van der Waals surface area contributed by atoms with Crippen molar-refractivity contribution in [2.45, 2.75) is 31.7 Å². The van der Waals surface area contributed by atoms with Crippen LogP contribution in [0.25, 0.3) is 11.2 Å². The van der Waals surface area contributed by atoms with Crippen molar-refractivity contribution in [2.75, 3.05) is 7.05 Å². The molecule has 0 aromatic carbocycles. The predicted octanol–water partition coefficient (Wildman–Crippen LogP) is 1.97. The molecule has 3 rings (SSSR count). The molecule has 0 spiro atoms. The second-order valence-electron chi connectivity index (χ2n) is 5.32. The number of amides is 2. The number of hydrogen-bond acceptors (Lipinski definition) is 4. The maximum atomic E-state index is 12.3. The Hall–Kier alpha value is -1.95. The summed E-state index contributed by atoms with van der Waals surface area (Å²) in [6.45, 7) is 3.71.